The van der Waals surface area contributed by atoms with Crippen LogP contribution in [0.15, 0.2) is 22.3 Å². The van der Waals surface area contributed by atoms with Crippen LogP contribution in [0.2, 0.25) is 0 Å². The predicted molar refractivity (Wildman–Crippen MR) is 101 cm³/mol. The number of piperazine rings is 1. The molecule has 1 saturated carbocycles. The first-order valence-electron chi connectivity index (χ1n) is 9.84. The Balaban J connectivity index is 1.47. The molecule has 2 aliphatic carbocycles. The van der Waals surface area contributed by atoms with E-state index in [0.717, 1.165) is 12.8 Å². The molecule has 1 saturated heterocycles. The molecule has 6 nitrogen and oxygen atoms in total. The summed E-state index contributed by atoms with van der Waals surface area (Å²) in [6.07, 6.45) is 3.37. The summed E-state index contributed by atoms with van der Waals surface area (Å²) in [5, 5.41) is 0. The fraction of sp³-hybridized carbons (Fsp3) is 0.619. The van der Waals surface area contributed by atoms with E-state index in [-0.39, 0.29) is 29.3 Å². The second-order valence-electron chi connectivity index (χ2n) is 7.85. The minimum absolute atomic E-state index is 0.0600. The maximum atomic E-state index is 12.5. The van der Waals surface area contributed by atoms with E-state index in [1.807, 2.05) is 4.90 Å². The molecule has 146 valence electrons. The van der Waals surface area contributed by atoms with Gasteiger partial charge in [-0.1, -0.05) is 0 Å². The molecule has 1 aliphatic heterocycles. The molecule has 0 unspecified atom stereocenters. The van der Waals surface area contributed by atoms with E-state index in [2.05, 4.69) is 0 Å². The molecule has 0 aromatic heterocycles. The van der Waals surface area contributed by atoms with Crippen molar-refractivity contribution >= 4 is 23.4 Å². The van der Waals surface area contributed by atoms with Gasteiger partial charge in [-0.05, 0) is 46.5 Å². The highest BCUT2D eigenvalue weighted by Crippen LogP contribution is 2.31. The van der Waals surface area contributed by atoms with Crippen LogP contribution in [0.25, 0.3) is 0 Å². The summed E-state index contributed by atoms with van der Waals surface area (Å²) in [6.45, 7) is 7.46. The van der Waals surface area contributed by atoms with E-state index < -0.39 is 0 Å². The lowest BCUT2D eigenvalue weighted by molar-refractivity contribution is -0.140. The molecule has 27 heavy (non-hydrogen) atoms. The minimum atomic E-state index is -0.0655. The molecular weight excluding hydrogens is 344 g/mol. The lowest BCUT2D eigenvalue weighted by Gasteiger charge is -2.35. The molecule has 0 N–H and O–H groups in total. The Morgan fingerprint density at radius 2 is 1.41 bits per heavy atom. The summed E-state index contributed by atoms with van der Waals surface area (Å²) >= 11 is 0. The molecule has 0 spiro atoms. The van der Waals surface area contributed by atoms with Crippen molar-refractivity contribution in [2.45, 2.75) is 52.9 Å². The highest BCUT2D eigenvalue weighted by Gasteiger charge is 2.35. The molecular formula is C21H28N2O4. The van der Waals surface area contributed by atoms with Crippen LogP contribution in [0.4, 0.5) is 0 Å². The Morgan fingerprint density at radius 1 is 0.852 bits per heavy atom. The lowest BCUT2D eigenvalue weighted by Crippen LogP contribution is -2.51. The Kier molecular flexibility index (Phi) is 5.63. The molecule has 0 atom stereocenters. The number of rotatable bonds is 5. The van der Waals surface area contributed by atoms with E-state index >= 15 is 0 Å². The van der Waals surface area contributed by atoms with E-state index in [0.29, 0.717) is 67.7 Å². The number of allylic oxidation sites excluding steroid dienone is 4. The Labute approximate surface area is 160 Å². The first-order valence-corrected chi connectivity index (χ1v) is 9.84. The fourth-order valence-corrected chi connectivity index (χ4v) is 3.80. The highest BCUT2D eigenvalue weighted by atomic mass is 16.2. The van der Waals surface area contributed by atoms with Crippen molar-refractivity contribution in [2.75, 3.05) is 26.2 Å². The van der Waals surface area contributed by atoms with Gasteiger partial charge in [-0.2, -0.15) is 0 Å². The topological polar surface area (TPSA) is 74.8 Å². The van der Waals surface area contributed by atoms with Crippen LogP contribution >= 0.6 is 0 Å². The van der Waals surface area contributed by atoms with Gasteiger partial charge in [0.1, 0.15) is 0 Å². The van der Waals surface area contributed by atoms with Crippen molar-refractivity contribution in [3.63, 3.8) is 0 Å². The first kappa shape index (κ1) is 19.5. The molecule has 3 rings (SSSR count). The zero-order valence-electron chi connectivity index (χ0n) is 16.5. The monoisotopic (exact) mass is 372 g/mol. The number of nitrogens with zero attached hydrogens (tertiary/aromatic N) is 2. The van der Waals surface area contributed by atoms with Crippen molar-refractivity contribution in [3.8, 4) is 0 Å². The van der Waals surface area contributed by atoms with Gasteiger partial charge < -0.3 is 9.80 Å². The zero-order chi connectivity index (χ0) is 19.7. The predicted octanol–water partition coefficient (Wildman–Crippen LogP) is 2.04. The second kappa shape index (κ2) is 7.79. The number of carbonyl (C=O) groups is 4. The summed E-state index contributed by atoms with van der Waals surface area (Å²) in [6, 6.07) is 0. The van der Waals surface area contributed by atoms with Crippen molar-refractivity contribution in [1.29, 1.82) is 0 Å². The smallest absolute Gasteiger partial charge is 0.225 e. The van der Waals surface area contributed by atoms with E-state index in [1.165, 1.54) is 0 Å². The summed E-state index contributed by atoms with van der Waals surface area (Å²) in [4.78, 5) is 52.8. The SMILES string of the molecule is CC1=C(C)C(=O)C(CCCC(=O)N2CCN(C(=O)C3CC3)CC2)=C(C)C1=O. The Bertz CT molecular complexity index is 750. The molecule has 0 bridgehead atoms. The van der Waals surface area contributed by atoms with Crippen LogP contribution in [0.3, 0.4) is 0 Å². The molecule has 0 radical (unpaired) electrons. The van der Waals surface area contributed by atoms with Crippen LogP contribution < -0.4 is 0 Å². The summed E-state index contributed by atoms with van der Waals surface area (Å²) in [5.41, 5.74) is 2.11. The van der Waals surface area contributed by atoms with Crippen LogP contribution in [0, 0.1) is 5.92 Å². The Morgan fingerprint density at radius 3 is 2.00 bits per heavy atom. The van der Waals surface area contributed by atoms with E-state index in [1.54, 1.807) is 25.7 Å². The van der Waals surface area contributed by atoms with Crippen molar-refractivity contribution in [3.05, 3.63) is 22.3 Å². The summed E-state index contributed by atoms with van der Waals surface area (Å²) < 4.78 is 0. The molecule has 3 aliphatic rings. The standard InChI is InChI=1S/C21H28N2O4/c1-13-14(2)20(26)17(15(3)19(13)25)5-4-6-18(24)22-9-11-23(12-10-22)21(27)16-7-8-16/h16H,4-12H2,1-3H3. The van der Waals surface area contributed by atoms with E-state index in [4.69, 9.17) is 0 Å². The van der Waals surface area contributed by atoms with Gasteiger partial charge in [0.15, 0.2) is 11.6 Å². The average molecular weight is 372 g/mol. The van der Waals surface area contributed by atoms with Crippen molar-refractivity contribution < 1.29 is 19.2 Å². The zero-order valence-corrected chi connectivity index (χ0v) is 16.5. The number of amides is 2. The average Bonchev–Trinajstić information content (AvgIpc) is 3.52. The largest absolute Gasteiger partial charge is 0.339 e. The van der Waals surface area contributed by atoms with Gasteiger partial charge in [0, 0.05) is 60.8 Å². The van der Waals surface area contributed by atoms with Gasteiger partial charge in [-0.25, -0.2) is 0 Å². The van der Waals surface area contributed by atoms with Crippen LogP contribution in [0.5, 0.6) is 0 Å². The third-order valence-electron chi connectivity index (χ3n) is 6.00. The molecule has 2 fully saturated rings. The maximum Gasteiger partial charge on any atom is 0.225 e. The minimum Gasteiger partial charge on any atom is -0.339 e. The van der Waals surface area contributed by atoms with Gasteiger partial charge in [0.2, 0.25) is 11.8 Å². The van der Waals surface area contributed by atoms with Gasteiger partial charge in [-0.15, -0.1) is 0 Å². The van der Waals surface area contributed by atoms with Gasteiger partial charge in [0.05, 0.1) is 0 Å². The van der Waals surface area contributed by atoms with Gasteiger partial charge in [-0.3, -0.25) is 19.2 Å². The maximum absolute atomic E-state index is 12.5. The quantitative estimate of drug-likeness (QED) is 0.692. The van der Waals surface area contributed by atoms with Gasteiger partial charge >= 0.3 is 0 Å². The molecule has 6 heteroatoms. The molecule has 0 aromatic carbocycles. The first-order chi connectivity index (χ1) is 12.8. The Hall–Kier alpha value is -2.24. The lowest BCUT2D eigenvalue weighted by atomic mass is 9.84. The number of Topliss-reactive ketones (excluding diaryl/α,β-unsaturated/α-hetero) is 2. The van der Waals surface area contributed by atoms with E-state index in [9.17, 15) is 19.2 Å². The number of ketones is 2. The second-order valence-corrected chi connectivity index (χ2v) is 7.85. The van der Waals surface area contributed by atoms with Crippen LogP contribution in [0.1, 0.15) is 52.9 Å². The normalized spacial score (nSPS) is 21.3. The number of carbonyl (C=O) groups excluding carboxylic acids is 4. The van der Waals surface area contributed by atoms with Gasteiger partial charge in [0.25, 0.3) is 0 Å². The summed E-state index contributed by atoms with van der Waals surface area (Å²) in [7, 11) is 0. The summed E-state index contributed by atoms with van der Waals surface area (Å²) in [5.74, 6) is 0.392. The van der Waals surface area contributed by atoms with Crippen molar-refractivity contribution in [2.24, 2.45) is 5.92 Å². The molecule has 1 heterocycles. The van der Waals surface area contributed by atoms with Crippen molar-refractivity contribution in [1.82, 2.24) is 9.80 Å². The molecule has 0 aromatic rings. The molecule has 2 amide bonds. The highest BCUT2D eigenvalue weighted by molar-refractivity contribution is 6.24. The van der Waals surface area contributed by atoms with Crippen LogP contribution in [-0.4, -0.2) is 59.4 Å². The number of hydrogen-bond donors (Lipinski definition) is 0. The number of hydrogen-bond acceptors (Lipinski definition) is 4. The van der Waals surface area contributed by atoms with Crippen LogP contribution in [-0.2, 0) is 19.2 Å². The third kappa shape index (κ3) is 4.04. The third-order valence-corrected chi connectivity index (χ3v) is 6.00. The fourth-order valence-electron chi connectivity index (χ4n) is 3.80.